The van der Waals surface area contributed by atoms with E-state index in [2.05, 4.69) is 27.7 Å². The smallest absolute Gasteiger partial charge is 0.131 e. The zero-order chi connectivity index (χ0) is 17.1. The molecule has 4 heteroatoms. The van der Waals surface area contributed by atoms with Gasteiger partial charge >= 0.3 is 0 Å². The van der Waals surface area contributed by atoms with Crippen LogP contribution in [0.5, 0.6) is 17.2 Å². The van der Waals surface area contributed by atoms with Crippen LogP contribution in [0.25, 0.3) is 0 Å². The summed E-state index contributed by atoms with van der Waals surface area (Å²) in [7, 11) is 0. The Morgan fingerprint density at radius 3 is 1.70 bits per heavy atom. The first-order valence-corrected chi connectivity index (χ1v) is 8.99. The number of benzene rings is 1. The molecule has 1 rings (SSSR count). The number of hydrogen-bond donors (Lipinski definition) is 1. The molecular formula is C19H33NO3. The maximum Gasteiger partial charge on any atom is 0.131 e. The van der Waals surface area contributed by atoms with Crippen molar-refractivity contribution in [1.29, 1.82) is 0 Å². The second-order valence-corrected chi connectivity index (χ2v) is 5.77. The van der Waals surface area contributed by atoms with Crippen molar-refractivity contribution in [3.8, 4) is 17.2 Å². The van der Waals surface area contributed by atoms with Crippen molar-refractivity contribution in [2.24, 2.45) is 5.73 Å². The Bertz CT molecular complexity index is 419. The first-order chi connectivity index (χ1) is 11.2. The van der Waals surface area contributed by atoms with Gasteiger partial charge in [0.2, 0.25) is 0 Å². The van der Waals surface area contributed by atoms with Crippen LogP contribution in [-0.4, -0.2) is 19.8 Å². The third-order valence-corrected chi connectivity index (χ3v) is 3.44. The van der Waals surface area contributed by atoms with Crippen molar-refractivity contribution in [3.05, 3.63) is 17.7 Å². The second-order valence-electron chi connectivity index (χ2n) is 5.77. The third kappa shape index (κ3) is 6.30. The molecule has 0 spiro atoms. The minimum atomic E-state index is -0.0843. The van der Waals surface area contributed by atoms with Gasteiger partial charge in [-0.05, 0) is 25.7 Å². The molecule has 0 bridgehead atoms. The molecule has 0 aromatic heterocycles. The molecule has 0 aliphatic heterocycles. The van der Waals surface area contributed by atoms with Gasteiger partial charge in [-0.15, -0.1) is 0 Å². The number of nitrogens with two attached hydrogens (primary N) is 1. The van der Waals surface area contributed by atoms with Gasteiger partial charge in [0.25, 0.3) is 0 Å². The monoisotopic (exact) mass is 323 g/mol. The van der Waals surface area contributed by atoms with Crippen LogP contribution >= 0.6 is 0 Å². The molecular weight excluding hydrogens is 290 g/mol. The summed E-state index contributed by atoms with van der Waals surface area (Å²) in [4.78, 5) is 0. The fourth-order valence-electron chi connectivity index (χ4n) is 2.36. The Kier molecular flexibility index (Phi) is 9.53. The summed E-state index contributed by atoms with van der Waals surface area (Å²) in [6, 6.07) is 3.82. The van der Waals surface area contributed by atoms with Gasteiger partial charge in [-0.3, -0.25) is 0 Å². The van der Waals surface area contributed by atoms with Crippen LogP contribution in [0.1, 0.15) is 71.4 Å². The zero-order valence-corrected chi connectivity index (χ0v) is 15.2. The van der Waals surface area contributed by atoms with E-state index < -0.39 is 0 Å². The van der Waals surface area contributed by atoms with Crippen molar-refractivity contribution in [3.63, 3.8) is 0 Å². The lowest BCUT2D eigenvalue weighted by Crippen LogP contribution is -2.15. The SMILES string of the molecule is CCCOc1cc(OCCC)c(C(N)CCC)c(OCCC)c1. The maximum atomic E-state index is 6.40. The number of ether oxygens (including phenoxy) is 3. The minimum absolute atomic E-state index is 0.0843. The summed E-state index contributed by atoms with van der Waals surface area (Å²) in [6.45, 7) is 10.4. The summed E-state index contributed by atoms with van der Waals surface area (Å²) >= 11 is 0. The fourth-order valence-corrected chi connectivity index (χ4v) is 2.36. The van der Waals surface area contributed by atoms with Gasteiger partial charge in [-0.1, -0.05) is 34.1 Å². The number of hydrogen-bond acceptors (Lipinski definition) is 4. The molecule has 0 heterocycles. The summed E-state index contributed by atoms with van der Waals surface area (Å²) in [5.41, 5.74) is 7.37. The van der Waals surface area contributed by atoms with Crippen LogP contribution in [-0.2, 0) is 0 Å². The first kappa shape index (κ1) is 19.6. The lowest BCUT2D eigenvalue weighted by molar-refractivity contribution is 0.279. The average molecular weight is 323 g/mol. The lowest BCUT2D eigenvalue weighted by Gasteiger charge is -2.22. The Morgan fingerprint density at radius 2 is 1.26 bits per heavy atom. The summed E-state index contributed by atoms with van der Waals surface area (Å²) in [6.07, 6.45) is 4.80. The standard InChI is InChI=1S/C19H33NO3/c1-5-9-16(20)19-17(22-11-7-3)13-15(21-10-6-2)14-18(19)23-12-8-4/h13-14,16H,5-12,20H2,1-4H3. The van der Waals surface area contributed by atoms with Gasteiger partial charge in [0.1, 0.15) is 17.2 Å². The highest BCUT2D eigenvalue weighted by Crippen LogP contribution is 2.39. The largest absolute Gasteiger partial charge is 0.493 e. The molecule has 0 aliphatic carbocycles. The van der Waals surface area contributed by atoms with Gasteiger partial charge in [-0.25, -0.2) is 0 Å². The van der Waals surface area contributed by atoms with Crippen LogP contribution in [0, 0.1) is 0 Å². The average Bonchev–Trinajstić information content (AvgIpc) is 2.55. The summed E-state index contributed by atoms with van der Waals surface area (Å²) in [5, 5.41) is 0. The van der Waals surface area contributed by atoms with Crippen LogP contribution in [0.3, 0.4) is 0 Å². The normalized spacial score (nSPS) is 12.0. The summed E-state index contributed by atoms with van der Waals surface area (Å²) < 4.78 is 17.7. The Morgan fingerprint density at radius 1 is 0.783 bits per heavy atom. The molecule has 0 aliphatic rings. The Balaban J connectivity index is 3.20. The lowest BCUT2D eigenvalue weighted by atomic mass is 10.0. The first-order valence-electron chi connectivity index (χ1n) is 8.99. The van der Waals surface area contributed by atoms with E-state index >= 15 is 0 Å². The molecule has 23 heavy (non-hydrogen) atoms. The molecule has 4 nitrogen and oxygen atoms in total. The minimum Gasteiger partial charge on any atom is -0.493 e. The highest BCUT2D eigenvalue weighted by molar-refractivity contribution is 5.52. The second kappa shape index (κ2) is 11.2. The highest BCUT2D eigenvalue weighted by atomic mass is 16.5. The van der Waals surface area contributed by atoms with E-state index in [1.54, 1.807) is 0 Å². The molecule has 1 aromatic carbocycles. The zero-order valence-electron chi connectivity index (χ0n) is 15.2. The van der Waals surface area contributed by atoms with E-state index in [1.807, 2.05) is 12.1 Å². The van der Waals surface area contributed by atoms with Crippen LogP contribution in [0.15, 0.2) is 12.1 Å². The van der Waals surface area contributed by atoms with E-state index in [-0.39, 0.29) is 6.04 Å². The molecule has 0 fully saturated rings. The van der Waals surface area contributed by atoms with Gasteiger partial charge in [0, 0.05) is 18.2 Å². The van der Waals surface area contributed by atoms with E-state index in [0.29, 0.717) is 19.8 Å². The Hall–Kier alpha value is -1.42. The molecule has 132 valence electrons. The molecule has 2 N–H and O–H groups in total. The molecule has 1 unspecified atom stereocenters. The number of rotatable bonds is 12. The predicted molar refractivity (Wildman–Crippen MR) is 95.6 cm³/mol. The van der Waals surface area contributed by atoms with Gasteiger partial charge in [-0.2, -0.15) is 0 Å². The van der Waals surface area contributed by atoms with E-state index in [4.69, 9.17) is 19.9 Å². The molecule has 0 amide bonds. The fraction of sp³-hybridized carbons (Fsp3) is 0.684. The van der Waals surface area contributed by atoms with Crippen molar-refractivity contribution in [1.82, 2.24) is 0 Å². The van der Waals surface area contributed by atoms with Crippen LogP contribution in [0.4, 0.5) is 0 Å². The molecule has 1 aromatic rings. The molecule has 0 saturated heterocycles. The van der Waals surface area contributed by atoms with E-state index in [1.165, 1.54) is 0 Å². The quantitative estimate of drug-likeness (QED) is 0.597. The highest BCUT2D eigenvalue weighted by Gasteiger charge is 2.20. The van der Waals surface area contributed by atoms with Crippen molar-refractivity contribution in [2.45, 2.75) is 65.8 Å². The topological polar surface area (TPSA) is 53.7 Å². The van der Waals surface area contributed by atoms with E-state index in [9.17, 15) is 0 Å². The third-order valence-electron chi connectivity index (χ3n) is 3.44. The van der Waals surface area contributed by atoms with Gasteiger partial charge in [0.05, 0.1) is 25.4 Å². The molecule has 1 atom stereocenters. The molecule has 0 radical (unpaired) electrons. The van der Waals surface area contributed by atoms with Gasteiger partial charge in [0.15, 0.2) is 0 Å². The summed E-state index contributed by atoms with van der Waals surface area (Å²) in [5.74, 6) is 2.39. The van der Waals surface area contributed by atoms with Crippen LogP contribution in [0.2, 0.25) is 0 Å². The van der Waals surface area contributed by atoms with Crippen LogP contribution < -0.4 is 19.9 Å². The van der Waals surface area contributed by atoms with Crippen molar-refractivity contribution >= 4 is 0 Å². The molecule has 0 saturated carbocycles. The predicted octanol–water partition coefficient (Wildman–Crippen LogP) is 4.85. The van der Waals surface area contributed by atoms with E-state index in [0.717, 1.165) is 54.9 Å². The van der Waals surface area contributed by atoms with Gasteiger partial charge < -0.3 is 19.9 Å². The Labute approximate surface area is 141 Å². The van der Waals surface area contributed by atoms with Crippen molar-refractivity contribution in [2.75, 3.05) is 19.8 Å². The van der Waals surface area contributed by atoms with Crippen molar-refractivity contribution < 1.29 is 14.2 Å². The maximum absolute atomic E-state index is 6.40.